The zero-order chi connectivity index (χ0) is 19.4. The zero-order valence-electron chi connectivity index (χ0n) is 14.9. The van der Waals surface area contributed by atoms with Gasteiger partial charge in [-0.15, -0.1) is 0 Å². The maximum Gasteiger partial charge on any atom is 0.407 e. The Kier molecular flexibility index (Phi) is 5.73. The average Bonchev–Trinajstić information content (AvgIpc) is 2.97. The number of alkyl carbamates (subject to hydrolysis) is 1. The van der Waals surface area contributed by atoms with Crippen molar-refractivity contribution >= 4 is 12.1 Å². The molecule has 7 nitrogen and oxygen atoms in total. The highest BCUT2D eigenvalue weighted by atomic mass is 16.5. The van der Waals surface area contributed by atoms with Crippen molar-refractivity contribution in [3.05, 3.63) is 59.7 Å². The summed E-state index contributed by atoms with van der Waals surface area (Å²) in [4.78, 5) is 23.3. The van der Waals surface area contributed by atoms with Gasteiger partial charge >= 0.3 is 12.1 Å². The Labute approximate surface area is 157 Å². The lowest BCUT2D eigenvalue weighted by atomic mass is 9.98. The van der Waals surface area contributed by atoms with Gasteiger partial charge in [-0.05, 0) is 29.2 Å². The summed E-state index contributed by atoms with van der Waals surface area (Å²) in [7, 11) is 0. The molecule has 0 spiro atoms. The maximum absolute atomic E-state index is 12.1. The molecule has 0 saturated carbocycles. The third kappa shape index (κ3) is 4.27. The molecule has 2 atom stereocenters. The molecule has 2 aromatic carbocycles. The highest BCUT2D eigenvalue weighted by Gasteiger charge is 2.29. The first-order valence-corrected chi connectivity index (χ1v) is 8.73. The van der Waals surface area contributed by atoms with Crippen LogP contribution in [0.5, 0.6) is 0 Å². The van der Waals surface area contributed by atoms with Crippen LogP contribution in [0.4, 0.5) is 4.79 Å². The molecule has 0 aliphatic heterocycles. The Morgan fingerprint density at radius 3 is 2.15 bits per heavy atom. The molecular formula is C20H22N2O5. The number of fused-ring (bicyclic) bond motifs is 3. The number of ether oxygens (including phenoxy) is 1. The first-order chi connectivity index (χ1) is 13.0. The number of amides is 1. The number of aliphatic hydroxyl groups excluding tert-OH is 1. The molecule has 0 fully saturated rings. The van der Waals surface area contributed by atoms with Crippen LogP contribution in [0.25, 0.3) is 11.1 Å². The summed E-state index contributed by atoms with van der Waals surface area (Å²) in [6.07, 6.45) is -1.69. The number of rotatable bonds is 7. The van der Waals surface area contributed by atoms with Crippen molar-refractivity contribution in [3.8, 4) is 11.1 Å². The lowest BCUT2D eigenvalue weighted by Gasteiger charge is -2.18. The summed E-state index contributed by atoms with van der Waals surface area (Å²) < 4.78 is 5.32. The maximum atomic E-state index is 12.1. The van der Waals surface area contributed by atoms with Gasteiger partial charge < -0.3 is 20.3 Å². The normalized spacial score (nSPS) is 14.7. The van der Waals surface area contributed by atoms with E-state index in [1.807, 2.05) is 48.5 Å². The molecule has 0 heterocycles. The minimum absolute atomic E-state index is 0.0954. The zero-order valence-corrected chi connectivity index (χ0v) is 14.9. The summed E-state index contributed by atoms with van der Waals surface area (Å²) in [5, 5.41) is 23.3. The standard InChI is InChI=1S/C20H22N2O5/c1-12(23)21-10-18(19(24)25)22-20(26)27-11-17-15-8-4-2-6-13(15)14-7-3-5-9-16(14)17/h2-9,12,17-18,21,23H,10-11H2,1H3,(H,22,26)(H,24,25)/t12-,18-/m0/s1. The van der Waals surface area contributed by atoms with Gasteiger partial charge in [0.2, 0.25) is 0 Å². The summed E-state index contributed by atoms with van der Waals surface area (Å²) >= 11 is 0. The molecule has 7 heteroatoms. The molecule has 0 radical (unpaired) electrons. The van der Waals surface area contributed by atoms with Gasteiger partial charge in [0.25, 0.3) is 0 Å². The summed E-state index contributed by atoms with van der Waals surface area (Å²) in [5.74, 6) is -1.31. The van der Waals surface area contributed by atoms with Crippen molar-refractivity contribution in [3.63, 3.8) is 0 Å². The molecule has 27 heavy (non-hydrogen) atoms. The average molecular weight is 370 g/mol. The van der Waals surface area contributed by atoms with E-state index in [0.29, 0.717) is 0 Å². The third-order valence-corrected chi connectivity index (χ3v) is 4.55. The second kappa shape index (κ2) is 8.20. The van der Waals surface area contributed by atoms with Crippen LogP contribution in [0.3, 0.4) is 0 Å². The van der Waals surface area contributed by atoms with Crippen LogP contribution < -0.4 is 10.6 Å². The van der Waals surface area contributed by atoms with Crippen molar-refractivity contribution in [2.75, 3.05) is 13.2 Å². The number of carbonyl (C=O) groups is 2. The van der Waals surface area contributed by atoms with E-state index in [4.69, 9.17) is 4.74 Å². The fraction of sp³-hybridized carbons (Fsp3) is 0.300. The van der Waals surface area contributed by atoms with Crippen LogP contribution in [0.2, 0.25) is 0 Å². The Bertz CT molecular complexity index is 791. The van der Waals surface area contributed by atoms with Gasteiger partial charge in [-0.2, -0.15) is 0 Å². The molecule has 0 saturated heterocycles. The fourth-order valence-electron chi connectivity index (χ4n) is 3.27. The molecule has 3 rings (SSSR count). The predicted octanol–water partition coefficient (Wildman–Crippen LogP) is 1.91. The van der Waals surface area contributed by atoms with Crippen LogP contribution in [-0.4, -0.2) is 47.7 Å². The van der Waals surface area contributed by atoms with Crippen LogP contribution in [0.1, 0.15) is 24.0 Å². The van der Waals surface area contributed by atoms with Gasteiger partial charge in [-0.25, -0.2) is 9.59 Å². The molecule has 1 amide bonds. The van der Waals surface area contributed by atoms with Gasteiger partial charge in [0, 0.05) is 12.5 Å². The number of nitrogens with one attached hydrogen (secondary N) is 2. The summed E-state index contributed by atoms with van der Waals surface area (Å²) in [6.45, 7) is 1.46. The van der Waals surface area contributed by atoms with Gasteiger partial charge in [0.05, 0.1) is 0 Å². The number of hydrogen-bond donors (Lipinski definition) is 4. The minimum atomic E-state index is -1.21. The molecule has 2 aromatic rings. The summed E-state index contributed by atoms with van der Waals surface area (Å²) in [6, 6.07) is 14.7. The van der Waals surface area contributed by atoms with Crippen molar-refractivity contribution in [1.29, 1.82) is 0 Å². The third-order valence-electron chi connectivity index (χ3n) is 4.55. The lowest BCUT2D eigenvalue weighted by Crippen LogP contribution is -2.49. The molecule has 0 unspecified atom stereocenters. The van der Waals surface area contributed by atoms with E-state index in [9.17, 15) is 19.8 Å². The van der Waals surface area contributed by atoms with E-state index < -0.39 is 24.3 Å². The van der Waals surface area contributed by atoms with E-state index in [0.717, 1.165) is 22.3 Å². The van der Waals surface area contributed by atoms with Crippen molar-refractivity contribution < 1.29 is 24.5 Å². The number of carbonyl (C=O) groups excluding carboxylic acids is 1. The number of aliphatic carboxylic acids is 1. The fourth-order valence-corrected chi connectivity index (χ4v) is 3.27. The van der Waals surface area contributed by atoms with Crippen LogP contribution in [0, 0.1) is 0 Å². The number of carboxylic acid groups (broad SMARTS) is 1. The van der Waals surface area contributed by atoms with Crippen molar-refractivity contribution in [2.45, 2.75) is 25.1 Å². The highest BCUT2D eigenvalue weighted by molar-refractivity contribution is 5.81. The first-order valence-electron chi connectivity index (χ1n) is 8.73. The Balaban J connectivity index is 1.66. The van der Waals surface area contributed by atoms with Crippen molar-refractivity contribution in [2.24, 2.45) is 0 Å². The van der Waals surface area contributed by atoms with E-state index in [1.54, 1.807) is 0 Å². The highest BCUT2D eigenvalue weighted by Crippen LogP contribution is 2.44. The van der Waals surface area contributed by atoms with E-state index in [1.165, 1.54) is 6.92 Å². The minimum Gasteiger partial charge on any atom is -0.480 e. The van der Waals surface area contributed by atoms with Gasteiger partial charge in [0.1, 0.15) is 18.9 Å². The van der Waals surface area contributed by atoms with E-state index in [-0.39, 0.29) is 19.1 Å². The van der Waals surface area contributed by atoms with Crippen LogP contribution in [-0.2, 0) is 9.53 Å². The Hall–Kier alpha value is -2.90. The smallest absolute Gasteiger partial charge is 0.407 e. The SMILES string of the molecule is C[C@H](O)NC[C@H](NC(=O)OCC1c2ccccc2-c2ccccc21)C(=O)O. The monoisotopic (exact) mass is 370 g/mol. The van der Waals surface area contributed by atoms with Gasteiger partial charge in [-0.1, -0.05) is 48.5 Å². The Morgan fingerprint density at radius 1 is 1.07 bits per heavy atom. The predicted molar refractivity (Wildman–Crippen MR) is 99.3 cm³/mol. The second-order valence-corrected chi connectivity index (χ2v) is 6.44. The molecule has 0 bridgehead atoms. The number of hydrogen-bond acceptors (Lipinski definition) is 5. The summed E-state index contributed by atoms with van der Waals surface area (Å²) in [5.41, 5.74) is 4.40. The molecule has 0 aromatic heterocycles. The van der Waals surface area contributed by atoms with E-state index >= 15 is 0 Å². The van der Waals surface area contributed by atoms with E-state index in [2.05, 4.69) is 10.6 Å². The van der Waals surface area contributed by atoms with Gasteiger partial charge in [-0.3, -0.25) is 5.32 Å². The number of benzene rings is 2. The second-order valence-electron chi connectivity index (χ2n) is 6.44. The lowest BCUT2D eigenvalue weighted by molar-refractivity contribution is -0.139. The molecular weight excluding hydrogens is 348 g/mol. The molecule has 1 aliphatic rings. The Morgan fingerprint density at radius 2 is 1.63 bits per heavy atom. The number of aliphatic hydroxyl groups is 1. The quantitative estimate of drug-likeness (QED) is 0.555. The largest absolute Gasteiger partial charge is 0.480 e. The van der Waals surface area contributed by atoms with Crippen molar-refractivity contribution in [1.82, 2.24) is 10.6 Å². The molecule has 142 valence electrons. The number of carboxylic acids is 1. The van der Waals surface area contributed by atoms with Crippen LogP contribution >= 0.6 is 0 Å². The van der Waals surface area contributed by atoms with Gasteiger partial charge in [0.15, 0.2) is 0 Å². The molecule has 4 N–H and O–H groups in total. The first kappa shape index (κ1) is 18.9. The topological polar surface area (TPSA) is 108 Å². The molecule has 1 aliphatic carbocycles. The van der Waals surface area contributed by atoms with Crippen LogP contribution in [0.15, 0.2) is 48.5 Å².